The van der Waals surface area contributed by atoms with E-state index in [1.54, 1.807) is 6.92 Å². The van der Waals surface area contributed by atoms with Gasteiger partial charge in [-0.25, -0.2) is 9.18 Å². The van der Waals surface area contributed by atoms with E-state index in [2.05, 4.69) is 0 Å². The van der Waals surface area contributed by atoms with Crippen molar-refractivity contribution >= 4 is 0 Å². The Hall–Kier alpha value is -1.51. The molecule has 106 valence electrons. The van der Waals surface area contributed by atoms with Crippen LogP contribution in [0.15, 0.2) is 21.9 Å². The first-order valence-electron chi connectivity index (χ1n) is 5.87. The molecule has 4 atom stereocenters. The summed E-state index contributed by atoms with van der Waals surface area (Å²) in [6.07, 6.45) is -3.54. The van der Waals surface area contributed by atoms with Crippen molar-refractivity contribution in [2.45, 2.75) is 37.4 Å². The Morgan fingerprint density at radius 2 is 2.26 bits per heavy atom. The maximum Gasteiger partial charge on any atom is 0.330 e. The summed E-state index contributed by atoms with van der Waals surface area (Å²) in [5.74, 6) is 0. The van der Waals surface area contributed by atoms with Gasteiger partial charge in [0, 0.05) is 12.3 Å². The number of rotatable bonds is 3. The molecule has 2 heterocycles. The van der Waals surface area contributed by atoms with Gasteiger partial charge in [-0.15, -0.1) is 0 Å². The Labute approximate surface area is 107 Å². The summed E-state index contributed by atoms with van der Waals surface area (Å²) in [7, 11) is 0. The quantitative estimate of drug-likeness (QED) is 0.649. The number of nitrogens with zero attached hydrogens (tertiary/aromatic N) is 1. The second-order valence-electron chi connectivity index (χ2n) is 4.49. The fraction of sp³-hybridized carbons (Fsp3) is 0.636. The normalized spacial score (nSPS) is 34.6. The molecule has 1 aliphatic heterocycles. The molecule has 1 aromatic rings. The Balaban J connectivity index is 2.42. The van der Waals surface area contributed by atoms with Gasteiger partial charge >= 0.3 is 5.69 Å². The number of H-pyrrole nitrogens is 1. The predicted octanol–water partition coefficient (Wildman–Crippen LogP) is -1.09. The van der Waals surface area contributed by atoms with Gasteiger partial charge in [-0.05, 0) is 6.42 Å². The molecular weight excluding hydrogens is 259 g/mol. The molecule has 1 aromatic heterocycles. The summed E-state index contributed by atoms with van der Waals surface area (Å²) < 4.78 is 20.3. The van der Waals surface area contributed by atoms with Gasteiger partial charge in [0.05, 0.1) is 6.61 Å². The number of hydrogen-bond acceptors (Lipinski definition) is 5. The fourth-order valence-electron chi connectivity index (χ4n) is 2.19. The van der Waals surface area contributed by atoms with Crippen molar-refractivity contribution in [3.8, 4) is 0 Å². The SMILES string of the molecule is CC[C@]1(CO)O[C@@H](n2ccc(=O)[nH]c2=O)[C@H](F)[C@@H]1O. The van der Waals surface area contributed by atoms with Crippen LogP contribution in [0, 0.1) is 0 Å². The van der Waals surface area contributed by atoms with E-state index in [1.807, 2.05) is 4.98 Å². The number of aliphatic hydroxyl groups is 2. The van der Waals surface area contributed by atoms with E-state index >= 15 is 0 Å². The van der Waals surface area contributed by atoms with E-state index in [0.717, 1.165) is 16.8 Å². The zero-order valence-electron chi connectivity index (χ0n) is 10.2. The number of aromatic nitrogens is 2. The summed E-state index contributed by atoms with van der Waals surface area (Å²) in [5.41, 5.74) is -2.89. The number of aromatic amines is 1. The van der Waals surface area contributed by atoms with Crippen LogP contribution in [0.25, 0.3) is 0 Å². The van der Waals surface area contributed by atoms with Crippen LogP contribution in [0.5, 0.6) is 0 Å². The monoisotopic (exact) mass is 274 g/mol. The average Bonchev–Trinajstić information content (AvgIpc) is 2.64. The molecule has 0 amide bonds. The van der Waals surface area contributed by atoms with E-state index in [4.69, 9.17) is 4.74 Å². The maximum atomic E-state index is 14.1. The maximum absolute atomic E-state index is 14.1. The number of hydrogen-bond donors (Lipinski definition) is 3. The van der Waals surface area contributed by atoms with Crippen LogP contribution in [-0.4, -0.2) is 44.2 Å². The molecule has 0 bridgehead atoms. The van der Waals surface area contributed by atoms with Crippen LogP contribution in [0.1, 0.15) is 19.6 Å². The smallest absolute Gasteiger partial charge is 0.330 e. The molecule has 0 aromatic carbocycles. The van der Waals surface area contributed by atoms with Crippen molar-refractivity contribution in [3.05, 3.63) is 33.1 Å². The van der Waals surface area contributed by atoms with Gasteiger partial charge in [0.2, 0.25) is 0 Å². The van der Waals surface area contributed by atoms with Crippen molar-refractivity contribution in [2.24, 2.45) is 0 Å². The lowest BCUT2D eigenvalue weighted by Gasteiger charge is -2.28. The third-order valence-electron chi connectivity index (χ3n) is 3.46. The average molecular weight is 274 g/mol. The molecule has 8 heteroatoms. The Bertz CT molecular complexity index is 565. The highest BCUT2D eigenvalue weighted by molar-refractivity contribution is 5.01. The largest absolute Gasteiger partial charge is 0.393 e. The first kappa shape index (κ1) is 13.9. The van der Waals surface area contributed by atoms with Gasteiger partial charge in [-0.3, -0.25) is 14.3 Å². The van der Waals surface area contributed by atoms with Crippen molar-refractivity contribution in [2.75, 3.05) is 6.61 Å². The highest BCUT2D eigenvalue weighted by atomic mass is 19.1. The van der Waals surface area contributed by atoms with Gasteiger partial charge in [0.1, 0.15) is 11.7 Å². The Morgan fingerprint density at radius 1 is 1.58 bits per heavy atom. The third kappa shape index (κ3) is 2.11. The van der Waals surface area contributed by atoms with E-state index in [-0.39, 0.29) is 6.42 Å². The molecule has 0 radical (unpaired) electrons. The van der Waals surface area contributed by atoms with Crippen LogP contribution in [0.2, 0.25) is 0 Å². The van der Waals surface area contributed by atoms with Crippen LogP contribution in [0.3, 0.4) is 0 Å². The topological polar surface area (TPSA) is 105 Å². The lowest BCUT2D eigenvalue weighted by molar-refractivity contribution is -0.130. The molecular formula is C11H15FN2O5. The molecule has 1 saturated heterocycles. The van der Waals surface area contributed by atoms with Crippen LogP contribution in [-0.2, 0) is 4.74 Å². The van der Waals surface area contributed by atoms with Crippen molar-refractivity contribution in [3.63, 3.8) is 0 Å². The molecule has 1 fully saturated rings. The second kappa shape index (κ2) is 4.87. The number of aliphatic hydroxyl groups excluding tert-OH is 2. The summed E-state index contributed by atoms with van der Waals surface area (Å²) in [4.78, 5) is 24.5. The standard InChI is InChI=1S/C11H15FN2O5/c1-2-11(5-15)8(17)7(12)9(19-11)14-4-3-6(16)13-10(14)18/h3-4,7-9,15,17H,2,5H2,1H3,(H,13,16,18)/t7-,8+,9-,11-/m1/s1. The van der Waals surface area contributed by atoms with Gasteiger partial charge < -0.3 is 14.9 Å². The summed E-state index contributed by atoms with van der Waals surface area (Å²) in [5, 5.41) is 19.1. The number of ether oxygens (including phenoxy) is 1. The number of alkyl halides is 1. The predicted molar refractivity (Wildman–Crippen MR) is 62.5 cm³/mol. The number of halogens is 1. The van der Waals surface area contributed by atoms with Gasteiger partial charge in [0.15, 0.2) is 12.4 Å². The molecule has 2 rings (SSSR count). The summed E-state index contributed by atoms with van der Waals surface area (Å²) in [6, 6.07) is 1.05. The van der Waals surface area contributed by atoms with Gasteiger partial charge in [-0.1, -0.05) is 6.92 Å². The molecule has 0 aliphatic carbocycles. The first-order chi connectivity index (χ1) is 8.95. The van der Waals surface area contributed by atoms with Crippen LogP contribution in [0.4, 0.5) is 4.39 Å². The molecule has 0 unspecified atom stereocenters. The van der Waals surface area contributed by atoms with Crippen LogP contribution >= 0.6 is 0 Å². The molecule has 1 aliphatic rings. The van der Waals surface area contributed by atoms with E-state index in [0.29, 0.717) is 0 Å². The van der Waals surface area contributed by atoms with E-state index in [9.17, 15) is 24.2 Å². The first-order valence-corrected chi connectivity index (χ1v) is 5.87. The number of nitrogens with one attached hydrogen (secondary N) is 1. The molecule has 3 N–H and O–H groups in total. The van der Waals surface area contributed by atoms with Crippen LogP contribution < -0.4 is 11.2 Å². The molecule has 0 spiro atoms. The zero-order chi connectivity index (χ0) is 14.2. The lowest BCUT2D eigenvalue weighted by atomic mass is 9.94. The summed E-state index contributed by atoms with van der Waals surface area (Å²) in [6.45, 7) is 1.06. The third-order valence-corrected chi connectivity index (χ3v) is 3.46. The van der Waals surface area contributed by atoms with Crippen molar-refractivity contribution in [1.29, 1.82) is 0 Å². The highest BCUT2D eigenvalue weighted by Crippen LogP contribution is 2.40. The summed E-state index contributed by atoms with van der Waals surface area (Å²) >= 11 is 0. The van der Waals surface area contributed by atoms with Crippen molar-refractivity contribution < 1.29 is 19.3 Å². The minimum Gasteiger partial charge on any atom is -0.393 e. The van der Waals surface area contributed by atoms with E-state index < -0.39 is 42.0 Å². The minimum absolute atomic E-state index is 0.180. The molecule has 7 nitrogen and oxygen atoms in total. The highest BCUT2D eigenvalue weighted by Gasteiger charge is 2.54. The second-order valence-corrected chi connectivity index (χ2v) is 4.49. The van der Waals surface area contributed by atoms with Crippen molar-refractivity contribution in [1.82, 2.24) is 9.55 Å². The lowest BCUT2D eigenvalue weighted by Crippen LogP contribution is -2.44. The Morgan fingerprint density at radius 3 is 2.74 bits per heavy atom. The minimum atomic E-state index is -1.88. The Kier molecular flexibility index (Phi) is 3.57. The molecule has 0 saturated carbocycles. The van der Waals surface area contributed by atoms with Gasteiger partial charge in [0.25, 0.3) is 5.56 Å². The fourth-order valence-corrected chi connectivity index (χ4v) is 2.19. The molecule has 19 heavy (non-hydrogen) atoms. The zero-order valence-corrected chi connectivity index (χ0v) is 10.2. The van der Waals surface area contributed by atoms with Gasteiger partial charge in [-0.2, -0.15) is 0 Å². The van der Waals surface area contributed by atoms with E-state index in [1.165, 1.54) is 0 Å².